The van der Waals surface area contributed by atoms with Crippen LogP contribution in [0.25, 0.3) is 11.5 Å². The molecule has 0 aromatic carbocycles. The van der Waals surface area contributed by atoms with E-state index in [1.165, 1.54) is 0 Å². The van der Waals surface area contributed by atoms with Crippen LogP contribution >= 0.6 is 31.9 Å². The summed E-state index contributed by atoms with van der Waals surface area (Å²) in [7, 11) is 0. The highest BCUT2D eigenvalue weighted by Crippen LogP contribution is 2.26. The summed E-state index contributed by atoms with van der Waals surface area (Å²) in [6.45, 7) is 1.29. The summed E-state index contributed by atoms with van der Waals surface area (Å²) in [6.07, 6.45) is 2.54. The van der Waals surface area contributed by atoms with Crippen LogP contribution in [0.4, 0.5) is 0 Å². The van der Waals surface area contributed by atoms with Crippen LogP contribution in [-0.2, 0) is 6.54 Å². The SMILES string of the molecule is NCCCn1nnnc1-c1ncc(Br)cc1Br. The van der Waals surface area contributed by atoms with Crippen molar-refractivity contribution in [3.8, 4) is 11.5 Å². The molecule has 0 saturated heterocycles. The monoisotopic (exact) mass is 360 g/mol. The molecule has 0 aliphatic heterocycles. The lowest BCUT2D eigenvalue weighted by Crippen LogP contribution is -2.09. The van der Waals surface area contributed by atoms with Gasteiger partial charge in [0.2, 0.25) is 5.82 Å². The molecule has 0 unspecified atom stereocenters. The third-order valence-electron chi connectivity index (χ3n) is 2.13. The Hall–Kier alpha value is -0.860. The smallest absolute Gasteiger partial charge is 0.201 e. The molecule has 2 rings (SSSR count). The first kappa shape index (κ1) is 12.6. The first-order valence-electron chi connectivity index (χ1n) is 5.00. The van der Waals surface area contributed by atoms with Crippen LogP contribution in [0.5, 0.6) is 0 Å². The minimum atomic E-state index is 0.605. The Kier molecular flexibility index (Phi) is 4.19. The van der Waals surface area contributed by atoms with Gasteiger partial charge in [-0.2, -0.15) is 0 Å². The van der Waals surface area contributed by atoms with E-state index in [0.717, 1.165) is 21.1 Å². The van der Waals surface area contributed by atoms with E-state index in [1.54, 1.807) is 10.9 Å². The van der Waals surface area contributed by atoms with E-state index in [9.17, 15) is 0 Å². The lowest BCUT2D eigenvalue weighted by Gasteiger charge is -2.04. The zero-order chi connectivity index (χ0) is 12.3. The first-order valence-corrected chi connectivity index (χ1v) is 6.58. The molecule has 0 radical (unpaired) electrons. The molecular weight excluding hydrogens is 352 g/mol. The fourth-order valence-corrected chi connectivity index (χ4v) is 2.51. The fraction of sp³-hybridized carbons (Fsp3) is 0.333. The molecule has 0 bridgehead atoms. The molecule has 17 heavy (non-hydrogen) atoms. The third kappa shape index (κ3) is 2.88. The van der Waals surface area contributed by atoms with Gasteiger partial charge < -0.3 is 5.73 Å². The predicted molar refractivity (Wildman–Crippen MR) is 70.1 cm³/mol. The van der Waals surface area contributed by atoms with Crippen LogP contribution < -0.4 is 5.73 Å². The summed E-state index contributed by atoms with van der Waals surface area (Å²) in [6, 6.07) is 1.91. The third-order valence-corrected chi connectivity index (χ3v) is 3.16. The number of nitrogens with zero attached hydrogens (tertiary/aromatic N) is 5. The Balaban J connectivity index is 2.35. The lowest BCUT2D eigenvalue weighted by molar-refractivity contribution is 0.568. The maximum Gasteiger partial charge on any atom is 0.201 e. The summed E-state index contributed by atoms with van der Waals surface area (Å²) in [5.74, 6) is 0.637. The van der Waals surface area contributed by atoms with Gasteiger partial charge in [-0.3, -0.25) is 4.98 Å². The van der Waals surface area contributed by atoms with E-state index in [0.29, 0.717) is 18.9 Å². The van der Waals surface area contributed by atoms with Crippen molar-refractivity contribution in [2.45, 2.75) is 13.0 Å². The maximum atomic E-state index is 5.47. The largest absolute Gasteiger partial charge is 0.330 e. The van der Waals surface area contributed by atoms with Crippen molar-refractivity contribution in [3.63, 3.8) is 0 Å². The Morgan fingerprint density at radius 2 is 2.18 bits per heavy atom. The van der Waals surface area contributed by atoms with Gasteiger partial charge in [-0.05, 0) is 61.3 Å². The second-order valence-corrected chi connectivity index (χ2v) is 5.12. The van der Waals surface area contributed by atoms with Crippen LogP contribution in [0.15, 0.2) is 21.2 Å². The maximum absolute atomic E-state index is 5.47. The van der Waals surface area contributed by atoms with Gasteiger partial charge in [-0.1, -0.05) is 0 Å². The topological polar surface area (TPSA) is 82.5 Å². The standard InChI is InChI=1S/C9H10Br2N6/c10-6-4-7(11)8(13-5-6)9-14-15-16-17(9)3-1-2-12/h4-5H,1-3,12H2. The van der Waals surface area contributed by atoms with Crippen molar-refractivity contribution < 1.29 is 0 Å². The Morgan fingerprint density at radius 1 is 1.35 bits per heavy atom. The van der Waals surface area contributed by atoms with Gasteiger partial charge in [0.1, 0.15) is 5.69 Å². The molecule has 2 aromatic heterocycles. The Labute approximate surface area is 115 Å². The van der Waals surface area contributed by atoms with Crippen LogP contribution in [0.2, 0.25) is 0 Å². The van der Waals surface area contributed by atoms with Crippen molar-refractivity contribution in [2.24, 2.45) is 5.73 Å². The molecule has 8 heteroatoms. The molecular formula is C9H10Br2N6. The minimum Gasteiger partial charge on any atom is -0.330 e. The molecule has 0 aliphatic rings. The van der Waals surface area contributed by atoms with Crippen LogP contribution in [0.1, 0.15) is 6.42 Å². The number of halogens is 2. The molecule has 0 aliphatic carbocycles. The highest BCUT2D eigenvalue weighted by atomic mass is 79.9. The van der Waals surface area contributed by atoms with Gasteiger partial charge in [-0.15, -0.1) is 5.10 Å². The van der Waals surface area contributed by atoms with Gasteiger partial charge in [-0.25, -0.2) is 4.68 Å². The van der Waals surface area contributed by atoms with E-state index < -0.39 is 0 Å². The van der Waals surface area contributed by atoms with E-state index in [2.05, 4.69) is 52.4 Å². The van der Waals surface area contributed by atoms with E-state index in [-0.39, 0.29) is 0 Å². The number of aryl methyl sites for hydroxylation is 1. The molecule has 0 spiro atoms. The van der Waals surface area contributed by atoms with Crippen molar-refractivity contribution in [1.29, 1.82) is 0 Å². The average molecular weight is 362 g/mol. The van der Waals surface area contributed by atoms with Crippen molar-refractivity contribution in [3.05, 3.63) is 21.2 Å². The zero-order valence-corrected chi connectivity index (χ0v) is 12.0. The number of hydrogen-bond acceptors (Lipinski definition) is 5. The van der Waals surface area contributed by atoms with Gasteiger partial charge in [0, 0.05) is 21.7 Å². The Morgan fingerprint density at radius 3 is 2.88 bits per heavy atom. The number of tetrazole rings is 1. The molecule has 90 valence electrons. The van der Waals surface area contributed by atoms with E-state index >= 15 is 0 Å². The average Bonchev–Trinajstić information content (AvgIpc) is 2.74. The summed E-state index contributed by atoms with van der Waals surface area (Å²) in [5, 5.41) is 11.6. The summed E-state index contributed by atoms with van der Waals surface area (Å²) in [5.41, 5.74) is 6.19. The quantitative estimate of drug-likeness (QED) is 0.894. The Bertz CT molecular complexity index is 512. The van der Waals surface area contributed by atoms with Gasteiger partial charge in [0.05, 0.1) is 0 Å². The van der Waals surface area contributed by atoms with Crippen molar-refractivity contribution >= 4 is 31.9 Å². The minimum absolute atomic E-state index is 0.605. The molecule has 6 nitrogen and oxygen atoms in total. The number of hydrogen-bond donors (Lipinski definition) is 1. The van der Waals surface area contributed by atoms with Gasteiger partial charge in [0.15, 0.2) is 0 Å². The summed E-state index contributed by atoms with van der Waals surface area (Å²) >= 11 is 6.80. The second kappa shape index (κ2) is 5.65. The second-order valence-electron chi connectivity index (χ2n) is 3.35. The molecule has 0 atom stereocenters. The molecule has 2 aromatic rings. The molecule has 0 fully saturated rings. The van der Waals surface area contributed by atoms with E-state index in [1.807, 2.05) is 6.07 Å². The van der Waals surface area contributed by atoms with E-state index in [4.69, 9.17) is 5.73 Å². The number of rotatable bonds is 4. The predicted octanol–water partition coefficient (Wildman–Crippen LogP) is 1.61. The summed E-state index contributed by atoms with van der Waals surface area (Å²) < 4.78 is 3.44. The van der Waals surface area contributed by atoms with Crippen LogP contribution in [0, 0.1) is 0 Å². The molecule has 0 saturated carbocycles. The van der Waals surface area contributed by atoms with Gasteiger partial charge in [0.25, 0.3) is 0 Å². The highest BCUT2D eigenvalue weighted by Gasteiger charge is 2.13. The lowest BCUT2D eigenvalue weighted by atomic mass is 10.3. The first-order chi connectivity index (χ1) is 8.22. The molecule has 2 heterocycles. The zero-order valence-electron chi connectivity index (χ0n) is 8.85. The van der Waals surface area contributed by atoms with Crippen LogP contribution in [0.3, 0.4) is 0 Å². The highest BCUT2D eigenvalue weighted by molar-refractivity contribution is 9.11. The van der Waals surface area contributed by atoms with Crippen molar-refractivity contribution in [1.82, 2.24) is 25.2 Å². The van der Waals surface area contributed by atoms with Gasteiger partial charge >= 0.3 is 0 Å². The fourth-order valence-electron chi connectivity index (χ4n) is 1.35. The van der Waals surface area contributed by atoms with Crippen LogP contribution in [-0.4, -0.2) is 31.7 Å². The number of pyridine rings is 1. The molecule has 0 amide bonds. The number of nitrogens with two attached hydrogens (primary N) is 1. The van der Waals surface area contributed by atoms with Crippen molar-refractivity contribution in [2.75, 3.05) is 6.54 Å². The number of aromatic nitrogens is 5. The summed E-state index contributed by atoms with van der Waals surface area (Å²) in [4.78, 5) is 4.30. The molecule has 2 N–H and O–H groups in total. The normalized spacial score (nSPS) is 10.8.